The van der Waals surface area contributed by atoms with Crippen molar-refractivity contribution in [2.45, 2.75) is 13.4 Å². The Morgan fingerprint density at radius 2 is 1.08 bits per heavy atom. The van der Waals surface area contributed by atoms with Crippen molar-refractivity contribution in [2.75, 3.05) is 0 Å². The van der Waals surface area contributed by atoms with Gasteiger partial charge in [-0.3, -0.25) is 9.59 Å². The molecule has 0 heterocycles. The molecule has 0 spiro atoms. The molecule has 200 valence electrons. The summed E-state index contributed by atoms with van der Waals surface area (Å²) in [6.07, 6.45) is 0. The molecule has 0 saturated heterocycles. The molecule has 0 aliphatic carbocycles. The first-order valence-electron chi connectivity index (χ1n) is 11.6. The van der Waals surface area contributed by atoms with Crippen LogP contribution in [0.5, 0.6) is 0 Å². The molecule has 1 amide bonds. The van der Waals surface area contributed by atoms with Gasteiger partial charge in [0.15, 0.2) is 5.50 Å². The van der Waals surface area contributed by atoms with Crippen molar-refractivity contribution in [3.05, 3.63) is 125 Å². The van der Waals surface area contributed by atoms with Crippen LogP contribution < -0.4 is 21.2 Å². The predicted molar refractivity (Wildman–Crippen MR) is 173 cm³/mol. The Morgan fingerprint density at radius 3 is 1.44 bits per heavy atom. The SMILES string of the molecule is O=C(N[C@H](Cl)C(Cl)(Cl)Cl)[C@@](Br)(C(=O)c1ccc(Br)cc1)[P+](c1ccccc1)(c1ccccc1)c1ccccc1. The second-order valence-electron chi connectivity index (χ2n) is 8.51. The Bertz CT molecular complexity index is 1340. The smallest absolute Gasteiger partial charge is 0.285 e. The fourth-order valence-corrected chi connectivity index (χ4v) is 11.8. The maximum Gasteiger partial charge on any atom is 0.285 e. The quantitative estimate of drug-likeness (QED) is 0.0659. The van der Waals surface area contributed by atoms with E-state index in [2.05, 4.69) is 37.2 Å². The summed E-state index contributed by atoms with van der Waals surface area (Å²) in [4.78, 5) is 29.3. The first kappa shape index (κ1) is 30.5. The van der Waals surface area contributed by atoms with Crippen LogP contribution in [0.3, 0.4) is 0 Å². The van der Waals surface area contributed by atoms with Gasteiger partial charge in [-0.25, -0.2) is 0 Å². The number of rotatable bonds is 8. The predicted octanol–water partition coefficient (Wildman–Crippen LogP) is 7.77. The molecule has 0 radical (unpaired) electrons. The third-order valence-electron chi connectivity index (χ3n) is 6.15. The summed E-state index contributed by atoms with van der Waals surface area (Å²) in [6, 6.07) is 35.4. The van der Waals surface area contributed by atoms with E-state index >= 15 is 0 Å². The van der Waals surface area contributed by atoms with Crippen molar-refractivity contribution in [2.24, 2.45) is 0 Å². The van der Waals surface area contributed by atoms with Crippen molar-refractivity contribution in [3.63, 3.8) is 0 Å². The van der Waals surface area contributed by atoms with Crippen LogP contribution in [0.1, 0.15) is 10.4 Å². The number of Topliss-reactive ketones (excluding diaryl/α,β-unsaturated/α-hetero) is 1. The summed E-state index contributed by atoms with van der Waals surface area (Å²) in [5, 5.41) is 4.99. The van der Waals surface area contributed by atoms with Gasteiger partial charge in [-0.2, -0.15) is 0 Å². The van der Waals surface area contributed by atoms with Gasteiger partial charge in [0.1, 0.15) is 23.2 Å². The van der Waals surface area contributed by atoms with Crippen LogP contribution in [0.15, 0.2) is 120 Å². The number of ketones is 1. The summed E-state index contributed by atoms with van der Waals surface area (Å²) in [5.74, 6) is -1.20. The second-order valence-corrected chi connectivity index (χ2v) is 17.6. The average molecular weight is 748 g/mol. The Kier molecular flexibility index (Phi) is 9.87. The monoisotopic (exact) mass is 744 g/mol. The zero-order chi connectivity index (χ0) is 28.3. The molecule has 0 unspecified atom stereocenters. The minimum Gasteiger partial charge on any atom is -0.331 e. The van der Waals surface area contributed by atoms with Gasteiger partial charge in [0.05, 0.1) is 0 Å². The molecule has 2 atom stereocenters. The highest BCUT2D eigenvalue weighted by Gasteiger charge is 2.70. The van der Waals surface area contributed by atoms with Crippen LogP contribution in [-0.2, 0) is 4.79 Å². The van der Waals surface area contributed by atoms with Gasteiger partial charge in [-0.05, 0) is 64.5 Å². The molecule has 4 aromatic carbocycles. The van der Waals surface area contributed by atoms with Crippen LogP contribution in [0, 0.1) is 0 Å². The first-order chi connectivity index (χ1) is 18.5. The van der Waals surface area contributed by atoms with E-state index in [0.29, 0.717) is 5.56 Å². The number of hydrogen-bond acceptors (Lipinski definition) is 2. The molecule has 0 fully saturated rings. The number of benzene rings is 4. The fraction of sp³-hybridized carbons (Fsp3) is 0.103. The number of halogens is 6. The minimum absolute atomic E-state index is 0.317. The maximum atomic E-state index is 14.8. The van der Waals surface area contributed by atoms with E-state index in [0.717, 1.165) is 20.4 Å². The van der Waals surface area contributed by atoms with Gasteiger partial charge in [0.2, 0.25) is 9.58 Å². The lowest BCUT2D eigenvalue weighted by Crippen LogP contribution is -2.59. The summed E-state index contributed by atoms with van der Waals surface area (Å²) in [7, 11) is -3.22. The normalized spacial score (nSPS) is 14.2. The fourth-order valence-electron chi connectivity index (χ4n) is 4.43. The zero-order valence-electron chi connectivity index (χ0n) is 20.1. The summed E-state index contributed by atoms with van der Waals surface area (Å²) in [6.45, 7) is 0. The maximum absolute atomic E-state index is 14.8. The van der Waals surface area contributed by atoms with Gasteiger partial charge < -0.3 is 5.32 Å². The molecular formula is C29H21Br2Cl4NO2P+. The van der Waals surface area contributed by atoms with Gasteiger partial charge >= 0.3 is 0 Å². The Hall–Kier alpha value is -1.43. The van der Waals surface area contributed by atoms with E-state index < -0.39 is 32.3 Å². The highest BCUT2D eigenvalue weighted by Crippen LogP contribution is 2.69. The number of hydrogen-bond donors (Lipinski definition) is 1. The molecule has 0 saturated carbocycles. The lowest BCUT2D eigenvalue weighted by atomic mass is 10.1. The largest absolute Gasteiger partial charge is 0.331 e. The molecule has 0 aliphatic heterocycles. The zero-order valence-corrected chi connectivity index (χ0v) is 27.2. The van der Waals surface area contributed by atoms with E-state index in [4.69, 9.17) is 46.4 Å². The van der Waals surface area contributed by atoms with Crippen LogP contribution in [0.25, 0.3) is 0 Å². The molecule has 39 heavy (non-hydrogen) atoms. The standard InChI is InChI=1S/C29H20Br2Cl4NO2P/c30-21-18-16-20(17-19-21)25(37)28(31,27(38)36-26(32)29(33,34)35)39(22-10-4-1-5-11-22,23-12-6-2-7-13-23)24-14-8-3-9-15-24/h1-19,26H/p+1/t26-,28+/m0/s1. The minimum atomic E-state index is -3.22. The average Bonchev–Trinajstić information content (AvgIpc) is 2.94. The third-order valence-corrected chi connectivity index (χ3v) is 15.0. The van der Waals surface area contributed by atoms with Crippen molar-refractivity contribution < 1.29 is 9.59 Å². The lowest BCUT2D eigenvalue weighted by molar-refractivity contribution is -0.120. The van der Waals surface area contributed by atoms with Crippen molar-refractivity contribution in [1.29, 1.82) is 0 Å². The number of carbonyl (C=O) groups excluding carboxylic acids is 2. The van der Waals surface area contributed by atoms with E-state index in [1.54, 1.807) is 24.3 Å². The molecule has 0 aliphatic rings. The third kappa shape index (κ3) is 5.97. The highest BCUT2D eigenvalue weighted by molar-refractivity contribution is 9.12. The number of alkyl halides is 5. The first-order valence-corrected chi connectivity index (χ1v) is 16.5. The van der Waals surface area contributed by atoms with Crippen molar-refractivity contribution >= 4 is 113 Å². The Balaban J connectivity index is 2.14. The van der Waals surface area contributed by atoms with Gasteiger partial charge in [-0.1, -0.05) is 129 Å². The Labute approximate surface area is 264 Å². The molecule has 4 aromatic rings. The van der Waals surface area contributed by atoms with Crippen LogP contribution in [0.4, 0.5) is 0 Å². The summed E-state index contributed by atoms with van der Waals surface area (Å²) in [5.41, 5.74) is -1.11. The van der Waals surface area contributed by atoms with E-state index in [1.807, 2.05) is 91.0 Å². The summed E-state index contributed by atoms with van der Waals surface area (Å²) >= 11 is 31.7. The van der Waals surface area contributed by atoms with Crippen molar-refractivity contribution in [3.8, 4) is 0 Å². The molecule has 0 bridgehead atoms. The van der Waals surface area contributed by atoms with Crippen LogP contribution in [-0.4, -0.2) is 25.0 Å². The van der Waals surface area contributed by atoms with Gasteiger partial charge in [-0.15, -0.1) is 0 Å². The molecule has 4 rings (SSSR count). The summed E-state index contributed by atoms with van der Waals surface area (Å²) < 4.78 is -3.14. The molecule has 3 nitrogen and oxygen atoms in total. The molecule has 1 N–H and O–H groups in total. The number of nitrogens with one attached hydrogen (secondary N) is 1. The van der Waals surface area contributed by atoms with E-state index in [9.17, 15) is 9.59 Å². The second kappa shape index (κ2) is 12.6. The number of carbonyl (C=O) groups is 2. The van der Waals surface area contributed by atoms with Crippen LogP contribution in [0.2, 0.25) is 0 Å². The molecular weight excluding hydrogens is 727 g/mol. The molecule has 10 heteroatoms. The van der Waals surface area contributed by atoms with Crippen LogP contribution >= 0.6 is 85.5 Å². The van der Waals surface area contributed by atoms with Gasteiger partial charge in [0, 0.05) is 10.0 Å². The lowest BCUT2D eigenvalue weighted by Gasteiger charge is -2.39. The van der Waals surface area contributed by atoms with Crippen molar-refractivity contribution in [1.82, 2.24) is 5.32 Å². The topological polar surface area (TPSA) is 46.2 Å². The highest BCUT2D eigenvalue weighted by atomic mass is 79.9. The number of amides is 1. The van der Waals surface area contributed by atoms with E-state index in [-0.39, 0.29) is 0 Å². The van der Waals surface area contributed by atoms with E-state index in [1.165, 1.54) is 0 Å². The Morgan fingerprint density at radius 1 is 0.692 bits per heavy atom. The molecule has 0 aromatic heterocycles. The van der Waals surface area contributed by atoms with Gasteiger partial charge in [0.25, 0.3) is 9.97 Å².